The summed E-state index contributed by atoms with van der Waals surface area (Å²) < 4.78 is 14.0. The number of carbonyl (C=O) groups is 1. The Morgan fingerprint density at radius 1 is 1.00 bits per heavy atom. The van der Waals surface area contributed by atoms with Crippen LogP contribution in [0.15, 0.2) is 78.9 Å². The lowest BCUT2D eigenvalue weighted by atomic mass is 10.0. The Balaban J connectivity index is 1.69. The fourth-order valence-electron chi connectivity index (χ4n) is 3.52. The summed E-state index contributed by atoms with van der Waals surface area (Å²) in [6.07, 6.45) is -0.905. The summed E-state index contributed by atoms with van der Waals surface area (Å²) in [6.45, 7) is 0.432. The molecule has 4 nitrogen and oxygen atoms in total. The van der Waals surface area contributed by atoms with Crippen molar-refractivity contribution in [1.29, 1.82) is 0 Å². The van der Waals surface area contributed by atoms with Gasteiger partial charge in [-0.15, -0.1) is 0 Å². The molecule has 2 atom stereocenters. The average molecular weight is 362 g/mol. The first kappa shape index (κ1) is 17.4. The summed E-state index contributed by atoms with van der Waals surface area (Å²) in [5, 5.41) is 13.5. The number of hydrogen-bond donors (Lipinski definition) is 2. The van der Waals surface area contributed by atoms with Crippen LogP contribution in [-0.4, -0.2) is 15.9 Å². The van der Waals surface area contributed by atoms with Crippen LogP contribution in [0.4, 0.5) is 10.1 Å². The van der Waals surface area contributed by atoms with Gasteiger partial charge in [-0.25, -0.2) is 4.39 Å². The zero-order chi connectivity index (χ0) is 18.8. The third kappa shape index (κ3) is 3.35. The van der Waals surface area contributed by atoms with Crippen LogP contribution in [-0.2, 0) is 11.3 Å². The molecule has 5 heteroatoms. The van der Waals surface area contributed by atoms with Crippen molar-refractivity contribution in [2.24, 2.45) is 0 Å². The molecule has 3 aromatic carbocycles. The van der Waals surface area contributed by atoms with Crippen LogP contribution in [0.3, 0.4) is 0 Å². The third-order valence-corrected chi connectivity index (χ3v) is 4.83. The van der Waals surface area contributed by atoms with Gasteiger partial charge in [-0.1, -0.05) is 66.7 Å². The summed E-state index contributed by atoms with van der Waals surface area (Å²) in [7, 11) is 0. The van der Waals surface area contributed by atoms with Gasteiger partial charge in [0.05, 0.1) is 5.69 Å². The number of halogens is 1. The van der Waals surface area contributed by atoms with Crippen LogP contribution in [0, 0.1) is 5.82 Å². The van der Waals surface area contributed by atoms with Crippen LogP contribution >= 0.6 is 0 Å². The van der Waals surface area contributed by atoms with E-state index in [1.165, 1.54) is 12.1 Å². The number of rotatable bonds is 4. The molecule has 1 aliphatic rings. The normalized spacial score (nSPS) is 17.3. The summed E-state index contributed by atoms with van der Waals surface area (Å²) in [6, 6.07) is 22.1. The summed E-state index contributed by atoms with van der Waals surface area (Å²) in [5.41, 5.74) is 2.62. The van der Waals surface area contributed by atoms with Crippen molar-refractivity contribution in [3.05, 3.63) is 101 Å². The van der Waals surface area contributed by atoms with Crippen molar-refractivity contribution in [3.63, 3.8) is 0 Å². The highest BCUT2D eigenvalue weighted by Crippen LogP contribution is 2.38. The molecule has 3 aromatic rings. The van der Waals surface area contributed by atoms with E-state index in [0.29, 0.717) is 6.54 Å². The lowest BCUT2D eigenvalue weighted by Gasteiger charge is -2.30. The Morgan fingerprint density at radius 2 is 1.67 bits per heavy atom. The Kier molecular flexibility index (Phi) is 4.71. The predicted molar refractivity (Wildman–Crippen MR) is 101 cm³/mol. The fourth-order valence-corrected chi connectivity index (χ4v) is 3.52. The Bertz CT molecular complexity index is 961. The first-order chi connectivity index (χ1) is 13.1. The maximum atomic E-state index is 14.0. The second-order valence-corrected chi connectivity index (χ2v) is 6.53. The van der Waals surface area contributed by atoms with Gasteiger partial charge in [-0.3, -0.25) is 9.69 Å². The number of aliphatic hydroxyl groups excluding tert-OH is 1. The second kappa shape index (κ2) is 7.31. The molecular formula is C22H19FN2O2. The third-order valence-electron chi connectivity index (χ3n) is 4.83. The average Bonchev–Trinajstić information content (AvgIpc) is 3.01. The number of nitrogens with one attached hydrogen (secondary N) is 1. The van der Waals surface area contributed by atoms with Crippen LogP contribution in [0.25, 0.3) is 0 Å². The first-order valence-corrected chi connectivity index (χ1v) is 8.77. The quantitative estimate of drug-likeness (QED) is 0.737. The maximum Gasteiger partial charge on any atom is 0.246 e. The van der Waals surface area contributed by atoms with Crippen molar-refractivity contribution < 1.29 is 14.3 Å². The van der Waals surface area contributed by atoms with Gasteiger partial charge >= 0.3 is 0 Å². The monoisotopic (exact) mass is 362 g/mol. The van der Waals surface area contributed by atoms with Gasteiger partial charge in [0.15, 0.2) is 0 Å². The highest BCUT2D eigenvalue weighted by molar-refractivity contribution is 5.95. The van der Waals surface area contributed by atoms with Gasteiger partial charge in [-0.2, -0.15) is 0 Å². The van der Waals surface area contributed by atoms with E-state index in [2.05, 4.69) is 5.32 Å². The van der Waals surface area contributed by atoms with Crippen LogP contribution in [0.2, 0.25) is 0 Å². The minimum atomic E-state index is -0.905. The molecule has 1 aliphatic heterocycles. The number of nitrogens with zero attached hydrogens (tertiary/aromatic N) is 1. The fraction of sp³-hybridized carbons (Fsp3) is 0.136. The topological polar surface area (TPSA) is 52.6 Å². The lowest BCUT2D eigenvalue weighted by molar-refractivity contribution is -0.126. The van der Waals surface area contributed by atoms with E-state index in [1.807, 2.05) is 54.6 Å². The van der Waals surface area contributed by atoms with E-state index in [0.717, 1.165) is 16.7 Å². The van der Waals surface area contributed by atoms with E-state index in [9.17, 15) is 14.3 Å². The Hall–Kier alpha value is -3.02. The van der Waals surface area contributed by atoms with E-state index >= 15 is 0 Å². The molecule has 1 heterocycles. The van der Waals surface area contributed by atoms with Crippen LogP contribution < -0.4 is 5.32 Å². The maximum absolute atomic E-state index is 14.0. The van der Waals surface area contributed by atoms with Crippen LogP contribution in [0.1, 0.15) is 29.0 Å². The molecule has 2 N–H and O–H groups in total. The molecule has 136 valence electrons. The summed E-state index contributed by atoms with van der Waals surface area (Å²) in [4.78, 5) is 14.8. The highest BCUT2D eigenvalue weighted by Gasteiger charge is 2.38. The van der Waals surface area contributed by atoms with Crippen molar-refractivity contribution in [2.75, 3.05) is 5.32 Å². The summed E-state index contributed by atoms with van der Waals surface area (Å²) in [5.74, 6) is -0.888. The molecule has 4 rings (SSSR count). The second-order valence-electron chi connectivity index (χ2n) is 6.53. The van der Waals surface area contributed by atoms with E-state index in [-0.39, 0.29) is 5.69 Å². The number of amides is 1. The molecule has 0 saturated carbocycles. The van der Waals surface area contributed by atoms with Gasteiger partial charge in [0.25, 0.3) is 0 Å². The van der Waals surface area contributed by atoms with Crippen LogP contribution in [0.5, 0.6) is 0 Å². The number of fused-ring (bicyclic) bond motifs is 1. The standard InChI is InChI=1S/C22H19FN2O2/c23-18-12-6-7-13-19(18)24-21(26)20(15-8-2-1-3-9-15)25-14-16-10-4-5-11-17(16)22(25)27/h1-13,20,22,27H,14H2,(H,24,26)/t20-,22?/m1/s1. The van der Waals surface area contributed by atoms with Gasteiger partial charge in [0.1, 0.15) is 18.1 Å². The van der Waals surface area contributed by atoms with Crippen molar-refractivity contribution in [3.8, 4) is 0 Å². The van der Waals surface area contributed by atoms with Gasteiger partial charge in [0.2, 0.25) is 5.91 Å². The highest BCUT2D eigenvalue weighted by atomic mass is 19.1. The molecule has 0 bridgehead atoms. The smallest absolute Gasteiger partial charge is 0.246 e. The number of benzene rings is 3. The molecule has 0 spiro atoms. The number of aliphatic hydroxyl groups is 1. The van der Waals surface area contributed by atoms with Crippen molar-refractivity contribution in [1.82, 2.24) is 4.90 Å². The number of para-hydroxylation sites is 1. The molecule has 0 radical (unpaired) electrons. The summed E-state index contributed by atoms with van der Waals surface area (Å²) >= 11 is 0. The number of anilines is 1. The van der Waals surface area contributed by atoms with Gasteiger partial charge in [-0.05, 0) is 28.8 Å². The largest absolute Gasteiger partial charge is 0.374 e. The zero-order valence-electron chi connectivity index (χ0n) is 14.5. The minimum Gasteiger partial charge on any atom is -0.374 e. The lowest BCUT2D eigenvalue weighted by Crippen LogP contribution is -2.36. The zero-order valence-corrected chi connectivity index (χ0v) is 14.5. The Labute approximate surface area is 156 Å². The molecule has 0 fully saturated rings. The van der Waals surface area contributed by atoms with E-state index in [1.54, 1.807) is 17.0 Å². The number of hydrogen-bond acceptors (Lipinski definition) is 3. The SMILES string of the molecule is O=C(Nc1ccccc1F)[C@@H](c1ccccc1)N1Cc2ccccc2C1O. The molecule has 0 saturated heterocycles. The van der Waals surface area contributed by atoms with Crippen molar-refractivity contribution in [2.45, 2.75) is 18.8 Å². The Morgan fingerprint density at radius 3 is 2.41 bits per heavy atom. The molecule has 0 aliphatic carbocycles. The van der Waals surface area contributed by atoms with Gasteiger partial charge < -0.3 is 10.4 Å². The van der Waals surface area contributed by atoms with E-state index in [4.69, 9.17) is 0 Å². The minimum absolute atomic E-state index is 0.120. The molecule has 1 amide bonds. The molecular weight excluding hydrogens is 343 g/mol. The molecule has 1 unspecified atom stereocenters. The molecule has 27 heavy (non-hydrogen) atoms. The predicted octanol–water partition coefficient (Wildman–Crippen LogP) is 4.01. The van der Waals surface area contributed by atoms with Gasteiger partial charge in [0, 0.05) is 6.54 Å². The van der Waals surface area contributed by atoms with E-state index < -0.39 is 24.0 Å². The molecule has 0 aromatic heterocycles. The van der Waals surface area contributed by atoms with Crippen molar-refractivity contribution >= 4 is 11.6 Å². The number of carbonyl (C=O) groups excluding carboxylic acids is 1. The first-order valence-electron chi connectivity index (χ1n) is 8.77.